The van der Waals surface area contributed by atoms with Crippen molar-refractivity contribution >= 4 is 5.69 Å². The van der Waals surface area contributed by atoms with Crippen LogP contribution in [-0.2, 0) is 20.0 Å². The van der Waals surface area contributed by atoms with Crippen molar-refractivity contribution < 1.29 is 0 Å². The van der Waals surface area contributed by atoms with E-state index in [9.17, 15) is 5.26 Å². The van der Waals surface area contributed by atoms with Crippen LogP contribution in [0.4, 0.5) is 5.69 Å². The minimum Gasteiger partial charge on any atom is -0.378 e. The van der Waals surface area contributed by atoms with E-state index in [2.05, 4.69) is 29.5 Å². The molecule has 0 unspecified atom stereocenters. The molecule has 0 aliphatic rings. The third kappa shape index (κ3) is 2.76. The number of aromatic nitrogens is 2. The zero-order valence-corrected chi connectivity index (χ0v) is 11.6. The van der Waals surface area contributed by atoms with E-state index in [1.165, 1.54) is 0 Å². The Labute approximate surface area is 113 Å². The number of rotatable bonds is 4. The van der Waals surface area contributed by atoms with E-state index >= 15 is 0 Å². The fourth-order valence-electron chi connectivity index (χ4n) is 2.06. The Morgan fingerprint density at radius 2 is 2.21 bits per heavy atom. The summed E-state index contributed by atoms with van der Waals surface area (Å²) in [4.78, 5) is 0. The molecule has 0 amide bonds. The van der Waals surface area contributed by atoms with Crippen molar-refractivity contribution in [2.75, 3.05) is 5.32 Å². The topological polar surface area (TPSA) is 53.6 Å². The number of hydrogen-bond donors (Lipinski definition) is 1. The van der Waals surface area contributed by atoms with Crippen molar-refractivity contribution in [2.45, 2.75) is 26.8 Å². The van der Waals surface area contributed by atoms with Gasteiger partial charge in [-0.2, -0.15) is 10.4 Å². The summed E-state index contributed by atoms with van der Waals surface area (Å²) in [6, 6.07) is 10.2. The molecule has 4 nitrogen and oxygen atoms in total. The summed E-state index contributed by atoms with van der Waals surface area (Å²) < 4.78 is 1.88. The van der Waals surface area contributed by atoms with Gasteiger partial charge in [0, 0.05) is 7.05 Å². The lowest BCUT2D eigenvalue weighted by atomic mass is 10.1. The number of hydrogen-bond acceptors (Lipinski definition) is 3. The molecular weight excluding hydrogens is 236 g/mol. The van der Waals surface area contributed by atoms with Gasteiger partial charge in [-0.25, -0.2) is 0 Å². The van der Waals surface area contributed by atoms with Gasteiger partial charge in [0.05, 0.1) is 29.2 Å². The molecule has 0 atom stereocenters. The third-order valence-electron chi connectivity index (χ3n) is 3.23. The number of nitrogens with one attached hydrogen (secondary N) is 1. The highest BCUT2D eigenvalue weighted by Crippen LogP contribution is 2.19. The van der Waals surface area contributed by atoms with E-state index in [-0.39, 0.29) is 0 Å². The van der Waals surface area contributed by atoms with Gasteiger partial charge in [0.1, 0.15) is 6.07 Å². The largest absolute Gasteiger partial charge is 0.378 e. The van der Waals surface area contributed by atoms with Gasteiger partial charge in [0.15, 0.2) is 0 Å². The quantitative estimate of drug-likeness (QED) is 0.912. The van der Waals surface area contributed by atoms with Crippen LogP contribution >= 0.6 is 0 Å². The Balaban J connectivity index is 2.17. The number of aryl methyl sites for hydroxylation is 3. The maximum absolute atomic E-state index is 9.19. The second-order valence-corrected chi connectivity index (χ2v) is 4.57. The van der Waals surface area contributed by atoms with Gasteiger partial charge in [0.2, 0.25) is 0 Å². The Hall–Kier alpha value is -2.28. The molecule has 0 aliphatic heterocycles. The van der Waals surface area contributed by atoms with E-state index in [0.717, 1.165) is 29.1 Å². The average molecular weight is 254 g/mol. The summed E-state index contributed by atoms with van der Waals surface area (Å²) in [5.41, 5.74) is 4.78. The monoisotopic (exact) mass is 254 g/mol. The first-order valence-corrected chi connectivity index (χ1v) is 6.41. The van der Waals surface area contributed by atoms with Gasteiger partial charge >= 0.3 is 0 Å². The molecule has 1 aromatic carbocycles. The number of nitrogens with zero attached hydrogens (tertiary/aromatic N) is 3. The van der Waals surface area contributed by atoms with Crippen LogP contribution in [0.25, 0.3) is 0 Å². The summed E-state index contributed by atoms with van der Waals surface area (Å²) in [5.74, 6) is 0. The summed E-state index contributed by atoms with van der Waals surface area (Å²) in [5, 5.41) is 16.9. The molecule has 1 aromatic heterocycles. The predicted molar refractivity (Wildman–Crippen MR) is 75.8 cm³/mol. The fraction of sp³-hybridized carbons (Fsp3) is 0.333. The molecular formula is C15H18N4. The highest BCUT2D eigenvalue weighted by atomic mass is 15.3. The molecule has 98 valence electrons. The number of nitriles is 1. The highest BCUT2D eigenvalue weighted by Gasteiger charge is 2.07. The summed E-state index contributed by atoms with van der Waals surface area (Å²) in [6.45, 7) is 4.71. The van der Waals surface area contributed by atoms with E-state index in [0.29, 0.717) is 12.1 Å². The Morgan fingerprint density at radius 1 is 1.42 bits per heavy atom. The van der Waals surface area contributed by atoms with Gasteiger partial charge in [-0.1, -0.05) is 19.1 Å². The zero-order valence-electron chi connectivity index (χ0n) is 11.6. The normalized spacial score (nSPS) is 10.2. The van der Waals surface area contributed by atoms with Crippen LogP contribution in [-0.4, -0.2) is 9.78 Å². The van der Waals surface area contributed by atoms with Crippen LogP contribution in [0.5, 0.6) is 0 Å². The van der Waals surface area contributed by atoms with Crippen LogP contribution in [0.3, 0.4) is 0 Å². The van der Waals surface area contributed by atoms with Crippen LogP contribution < -0.4 is 5.32 Å². The molecule has 1 N–H and O–H groups in total. The molecule has 4 heteroatoms. The standard InChI is InChI=1S/C15H18N4/c1-4-12-8-13(19(3)18-12)10-17-15-7-5-6-11(2)14(15)9-16/h5-8,17H,4,10H2,1-3H3. The maximum atomic E-state index is 9.19. The molecule has 0 aliphatic carbocycles. The first-order chi connectivity index (χ1) is 9.15. The number of anilines is 1. The van der Waals surface area contributed by atoms with Crippen LogP contribution in [0.15, 0.2) is 24.3 Å². The lowest BCUT2D eigenvalue weighted by molar-refractivity contribution is 0.707. The third-order valence-corrected chi connectivity index (χ3v) is 3.23. The summed E-state index contributed by atoms with van der Waals surface area (Å²) >= 11 is 0. The van der Waals surface area contributed by atoms with Gasteiger partial charge in [0.25, 0.3) is 0 Å². The van der Waals surface area contributed by atoms with E-state index in [1.807, 2.05) is 36.9 Å². The second-order valence-electron chi connectivity index (χ2n) is 4.57. The van der Waals surface area contributed by atoms with Crippen molar-refractivity contribution in [1.29, 1.82) is 5.26 Å². The second kappa shape index (κ2) is 5.57. The molecule has 0 fully saturated rings. The summed E-state index contributed by atoms with van der Waals surface area (Å²) in [7, 11) is 1.94. The summed E-state index contributed by atoms with van der Waals surface area (Å²) in [6.07, 6.45) is 0.932. The predicted octanol–water partition coefficient (Wildman–Crippen LogP) is 2.77. The van der Waals surface area contributed by atoms with E-state index in [4.69, 9.17) is 0 Å². The fourth-order valence-corrected chi connectivity index (χ4v) is 2.06. The smallest absolute Gasteiger partial charge is 0.102 e. The Bertz CT molecular complexity index is 620. The lowest BCUT2D eigenvalue weighted by Crippen LogP contribution is -2.06. The van der Waals surface area contributed by atoms with Gasteiger partial charge in [-0.3, -0.25) is 4.68 Å². The lowest BCUT2D eigenvalue weighted by Gasteiger charge is -2.09. The Morgan fingerprint density at radius 3 is 2.84 bits per heavy atom. The molecule has 2 aromatic rings. The minimum absolute atomic E-state index is 0.668. The van der Waals surface area contributed by atoms with Gasteiger partial charge in [-0.05, 0) is 31.0 Å². The first kappa shape index (κ1) is 13.2. The molecule has 0 bridgehead atoms. The van der Waals surface area contributed by atoms with Crippen molar-refractivity contribution in [3.05, 3.63) is 46.8 Å². The molecule has 0 radical (unpaired) electrons. The molecule has 0 saturated carbocycles. The maximum Gasteiger partial charge on any atom is 0.102 e. The highest BCUT2D eigenvalue weighted by molar-refractivity contribution is 5.60. The SMILES string of the molecule is CCc1cc(CNc2cccc(C)c2C#N)n(C)n1. The molecule has 2 rings (SSSR count). The van der Waals surface area contributed by atoms with E-state index in [1.54, 1.807) is 0 Å². The van der Waals surface area contributed by atoms with Crippen molar-refractivity contribution in [3.8, 4) is 6.07 Å². The van der Waals surface area contributed by atoms with Crippen molar-refractivity contribution in [1.82, 2.24) is 9.78 Å². The molecule has 19 heavy (non-hydrogen) atoms. The Kier molecular flexibility index (Phi) is 3.86. The van der Waals surface area contributed by atoms with Crippen molar-refractivity contribution in [2.24, 2.45) is 7.05 Å². The first-order valence-electron chi connectivity index (χ1n) is 6.41. The number of benzene rings is 1. The van der Waals surface area contributed by atoms with Crippen molar-refractivity contribution in [3.63, 3.8) is 0 Å². The average Bonchev–Trinajstić information content (AvgIpc) is 2.77. The van der Waals surface area contributed by atoms with Crippen LogP contribution in [0.1, 0.15) is 29.4 Å². The zero-order chi connectivity index (χ0) is 13.8. The molecule has 0 spiro atoms. The van der Waals surface area contributed by atoms with Gasteiger partial charge < -0.3 is 5.32 Å². The van der Waals surface area contributed by atoms with Gasteiger partial charge in [-0.15, -0.1) is 0 Å². The van der Waals surface area contributed by atoms with Crippen LogP contribution in [0, 0.1) is 18.3 Å². The molecule has 0 saturated heterocycles. The van der Waals surface area contributed by atoms with Crippen LogP contribution in [0.2, 0.25) is 0 Å². The molecule has 1 heterocycles. The van der Waals surface area contributed by atoms with E-state index < -0.39 is 0 Å². The minimum atomic E-state index is 0.668.